The molecular weight excluding hydrogens is 320 g/mol. The Kier molecular flexibility index (Phi) is 3.96. The normalized spacial score (nSPS) is 11.1. The Balaban J connectivity index is 2.40. The van der Waals surface area contributed by atoms with Crippen LogP contribution in [0.3, 0.4) is 0 Å². The van der Waals surface area contributed by atoms with Crippen molar-refractivity contribution in [3.63, 3.8) is 0 Å². The second-order valence-electron chi connectivity index (χ2n) is 3.93. The van der Waals surface area contributed by atoms with Crippen LogP contribution in [0.1, 0.15) is 0 Å². The summed E-state index contributed by atoms with van der Waals surface area (Å²) < 4.78 is 26.4. The van der Waals surface area contributed by atoms with Crippen molar-refractivity contribution in [1.29, 1.82) is 0 Å². The molecule has 2 rings (SSSR count). The first-order valence-electron chi connectivity index (χ1n) is 5.48. The maximum absolute atomic E-state index is 12.1. The second kappa shape index (κ2) is 5.54. The third-order valence-corrected chi connectivity index (χ3v) is 4.12. The summed E-state index contributed by atoms with van der Waals surface area (Å²) in [5.41, 5.74) is 5.09. The molecule has 10 heteroatoms. The highest BCUT2D eigenvalue weighted by Gasteiger charge is 2.21. The van der Waals surface area contributed by atoms with Gasteiger partial charge >= 0.3 is 0 Å². The summed E-state index contributed by atoms with van der Waals surface area (Å²) in [4.78, 5) is 13.7. The molecule has 0 unspecified atom stereocenters. The molecule has 1 heterocycles. The molecular formula is C11H9ClN4O4S. The predicted molar refractivity (Wildman–Crippen MR) is 77.6 cm³/mol. The number of nitrogens with two attached hydrogens (primary N) is 1. The van der Waals surface area contributed by atoms with E-state index in [0.29, 0.717) is 0 Å². The number of hydrogen-bond donors (Lipinski definition) is 2. The average molecular weight is 329 g/mol. The zero-order valence-corrected chi connectivity index (χ0v) is 11.9. The first-order valence-corrected chi connectivity index (χ1v) is 7.34. The Bertz CT molecular complexity index is 810. The zero-order chi connectivity index (χ0) is 15.6. The number of nitrogen functional groups attached to an aromatic ring is 1. The fraction of sp³-hybridized carbons (Fsp3) is 0. The first-order chi connectivity index (χ1) is 9.81. The molecule has 21 heavy (non-hydrogen) atoms. The lowest BCUT2D eigenvalue weighted by Crippen LogP contribution is -2.16. The van der Waals surface area contributed by atoms with Gasteiger partial charge in [0.2, 0.25) is 0 Å². The van der Waals surface area contributed by atoms with E-state index in [2.05, 4.69) is 9.71 Å². The smallest absolute Gasteiger partial charge is 0.289 e. The van der Waals surface area contributed by atoms with Crippen LogP contribution in [0.2, 0.25) is 5.02 Å². The van der Waals surface area contributed by atoms with Crippen molar-refractivity contribution in [3.8, 4) is 0 Å². The van der Waals surface area contributed by atoms with Gasteiger partial charge in [0.25, 0.3) is 15.7 Å². The third-order valence-electron chi connectivity index (χ3n) is 2.45. The minimum absolute atomic E-state index is 0.0175. The Morgan fingerprint density at radius 3 is 2.67 bits per heavy atom. The Labute approximate surface area is 124 Å². The van der Waals surface area contributed by atoms with Gasteiger partial charge in [-0.25, -0.2) is 4.98 Å². The van der Waals surface area contributed by atoms with Crippen LogP contribution in [-0.2, 0) is 10.0 Å². The quantitative estimate of drug-likeness (QED) is 0.652. The highest BCUT2D eigenvalue weighted by molar-refractivity contribution is 7.92. The van der Waals surface area contributed by atoms with Gasteiger partial charge < -0.3 is 5.73 Å². The van der Waals surface area contributed by atoms with Crippen LogP contribution in [0.4, 0.5) is 17.1 Å². The number of pyridine rings is 1. The molecule has 0 aliphatic rings. The molecule has 0 bridgehead atoms. The lowest BCUT2D eigenvalue weighted by atomic mass is 10.3. The highest BCUT2D eigenvalue weighted by Crippen LogP contribution is 2.28. The second-order valence-corrected chi connectivity index (χ2v) is 5.93. The molecule has 1 aromatic carbocycles. The topological polar surface area (TPSA) is 128 Å². The number of aromatic nitrogens is 1. The van der Waals surface area contributed by atoms with E-state index in [9.17, 15) is 18.5 Å². The zero-order valence-electron chi connectivity index (χ0n) is 10.4. The van der Waals surface area contributed by atoms with Crippen LogP contribution in [-0.4, -0.2) is 18.3 Å². The average Bonchev–Trinajstić information content (AvgIpc) is 2.40. The van der Waals surface area contributed by atoms with Gasteiger partial charge in [0, 0.05) is 12.3 Å². The van der Waals surface area contributed by atoms with E-state index in [1.54, 1.807) is 0 Å². The number of nitrogens with zero attached hydrogens (tertiary/aromatic N) is 2. The van der Waals surface area contributed by atoms with Gasteiger partial charge in [-0.15, -0.1) is 0 Å². The maximum Gasteiger partial charge on any atom is 0.289 e. The van der Waals surface area contributed by atoms with Crippen LogP contribution in [0.5, 0.6) is 0 Å². The van der Waals surface area contributed by atoms with Crippen molar-refractivity contribution in [3.05, 3.63) is 51.7 Å². The highest BCUT2D eigenvalue weighted by atomic mass is 35.5. The number of sulfonamides is 1. The number of hydrogen-bond acceptors (Lipinski definition) is 6. The van der Waals surface area contributed by atoms with Crippen molar-refractivity contribution < 1.29 is 13.3 Å². The molecule has 3 N–H and O–H groups in total. The molecule has 1 aromatic heterocycles. The molecule has 0 saturated heterocycles. The van der Waals surface area contributed by atoms with Crippen LogP contribution in [0, 0.1) is 10.1 Å². The fourth-order valence-electron chi connectivity index (χ4n) is 1.55. The lowest BCUT2D eigenvalue weighted by Gasteiger charge is -2.09. The summed E-state index contributed by atoms with van der Waals surface area (Å²) in [6, 6.07) is 6.40. The summed E-state index contributed by atoms with van der Waals surface area (Å²) in [7, 11) is -4.05. The standard InChI is InChI=1S/C11H9ClN4O4S/c12-8-4-3-7(6-10(8)16(17)18)15-21(19,20)11-9(13)2-1-5-14-11/h1-6,15H,13H2. The Morgan fingerprint density at radius 1 is 1.33 bits per heavy atom. The minimum Gasteiger partial charge on any atom is -0.396 e. The SMILES string of the molecule is Nc1cccnc1S(=O)(=O)Nc1ccc(Cl)c([N+](=O)[O-])c1. The summed E-state index contributed by atoms with van der Waals surface area (Å²) in [5.74, 6) is 0. The van der Waals surface area contributed by atoms with Gasteiger partial charge in [0.1, 0.15) is 5.02 Å². The maximum atomic E-state index is 12.1. The van der Waals surface area contributed by atoms with E-state index in [-0.39, 0.29) is 21.4 Å². The van der Waals surface area contributed by atoms with Crippen molar-refractivity contribution in [2.45, 2.75) is 5.03 Å². The van der Waals surface area contributed by atoms with E-state index in [1.165, 1.54) is 30.5 Å². The van der Waals surface area contributed by atoms with Crippen LogP contribution in [0.25, 0.3) is 0 Å². The molecule has 0 radical (unpaired) electrons. The number of anilines is 2. The monoisotopic (exact) mass is 328 g/mol. The number of nitro benzene ring substituents is 1. The fourth-order valence-corrected chi connectivity index (χ4v) is 2.85. The molecule has 2 aromatic rings. The van der Waals surface area contributed by atoms with Crippen molar-refractivity contribution in [1.82, 2.24) is 4.98 Å². The molecule has 0 spiro atoms. The van der Waals surface area contributed by atoms with Crippen molar-refractivity contribution in [2.24, 2.45) is 0 Å². The van der Waals surface area contributed by atoms with Crippen molar-refractivity contribution >= 4 is 38.7 Å². The summed E-state index contributed by atoms with van der Waals surface area (Å²) in [5, 5.41) is 10.3. The molecule has 0 aliphatic carbocycles. The van der Waals surface area contributed by atoms with Gasteiger partial charge in [-0.3, -0.25) is 14.8 Å². The number of halogens is 1. The number of rotatable bonds is 4. The van der Waals surface area contributed by atoms with Gasteiger partial charge in [0.05, 0.1) is 16.3 Å². The number of nitro groups is 1. The lowest BCUT2D eigenvalue weighted by molar-refractivity contribution is -0.384. The molecule has 0 atom stereocenters. The Morgan fingerprint density at radius 2 is 2.05 bits per heavy atom. The van der Waals surface area contributed by atoms with Gasteiger partial charge in [-0.1, -0.05) is 11.6 Å². The van der Waals surface area contributed by atoms with Gasteiger partial charge in [0.15, 0.2) is 5.03 Å². The van der Waals surface area contributed by atoms with Crippen LogP contribution >= 0.6 is 11.6 Å². The predicted octanol–water partition coefficient (Wildman–Crippen LogP) is 2.03. The third kappa shape index (κ3) is 3.20. The first kappa shape index (κ1) is 15.0. The van der Waals surface area contributed by atoms with E-state index in [0.717, 1.165) is 6.07 Å². The molecule has 0 amide bonds. The van der Waals surface area contributed by atoms with E-state index in [1.807, 2.05) is 0 Å². The molecule has 0 saturated carbocycles. The number of benzene rings is 1. The molecule has 0 aliphatic heterocycles. The molecule has 8 nitrogen and oxygen atoms in total. The van der Waals surface area contributed by atoms with Crippen LogP contribution in [0.15, 0.2) is 41.6 Å². The summed E-state index contributed by atoms with van der Waals surface area (Å²) in [6.07, 6.45) is 1.27. The van der Waals surface area contributed by atoms with Crippen LogP contribution < -0.4 is 10.5 Å². The molecule has 110 valence electrons. The largest absolute Gasteiger partial charge is 0.396 e. The Hall–Kier alpha value is -2.39. The van der Waals surface area contributed by atoms with Gasteiger partial charge in [-0.2, -0.15) is 8.42 Å². The van der Waals surface area contributed by atoms with E-state index >= 15 is 0 Å². The molecule has 0 fully saturated rings. The summed E-state index contributed by atoms with van der Waals surface area (Å²) in [6.45, 7) is 0. The van der Waals surface area contributed by atoms with E-state index < -0.39 is 20.6 Å². The number of nitrogens with one attached hydrogen (secondary N) is 1. The van der Waals surface area contributed by atoms with E-state index in [4.69, 9.17) is 17.3 Å². The minimum atomic E-state index is -4.05. The summed E-state index contributed by atoms with van der Waals surface area (Å²) >= 11 is 5.65. The van der Waals surface area contributed by atoms with Gasteiger partial charge in [-0.05, 0) is 24.3 Å². The van der Waals surface area contributed by atoms with Crippen molar-refractivity contribution in [2.75, 3.05) is 10.5 Å².